The van der Waals surface area contributed by atoms with E-state index >= 15 is 0 Å². The molecule has 0 atom stereocenters. The van der Waals surface area contributed by atoms with E-state index in [2.05, 4.69) is 79.8 Å². The lowest BCUT2D eigenvalue weighted by molar-refractivity contribution is -0.117. The fourth-order valence-electron chi connectivity index (χ4n) is 14.5. The van der Waals surface area contributed by atoms with Crippen molar-refractivity contribution in [1.82, 2.24) is 5.32 Å². The molecule has 0 spiro atoms. The number of ketones is 6. The Bertz CT molecular complexity index is 6800. The van der Waals surface area contributed by atoms with Gasteiger partial charge in [-0.2, -0.15) is 0 Å². The van der Waals surface area contributed by atoms with Crippen LogP contribution < -0.4 is 11.1 Å². The van der Waals surface area contributed by atoms with Crippen LogP contribution in [0.3, 0.4) is 0 Å². The molecule has 0 saturated heterocycles. The minimum Gasteiger partial charge on any atom is -0.366 e. The van der Waals surface area contributed by atoms with Gasteiger partial charge in [-0.1, -0.05) is 420 Å². The maximum atomic E-state index is 12.3. The van der Waals surface area contributed by atoms with Gasteiger partial charge < -0.3 is 11.1 Å². The van der Waals surface area contributed by atoms with Gasteiger partial charge in [0.15, 0.2) is 23.1 Å². The average molecular weight is 1930 g/mol. The van der Waals surface area contributed by atoms with E-state index in [0.29, 0.717) is 86.1 Å². The highest BCUT2D eigenvalue weighted by Gasteiger charge is 2.12. The lowest BCUT2D eigenvalue weighted by atomic mass is 10.0. The summed E-state index contributed by atoms with van der Waals surface area (Å²) in [6.45, 7) is 14.1. The van der Waals surface area contributed by atoms with E-state index in [1.165, 1.54) is 34.7 Å². The summed E-state index contributed by atoms with van der Waals surface area (Å²) in [5.41, 5.74) is 36.0. The zero-order valence-electron chi connectivity index (χ0n) is 81.4. The van der Waals surface area contributed by atoms with Crippen LogP contribution in [0, 0.1) is 13.8 Å². The number of carbonyl (C=O) groups is 14. The second kappa shape index (κ2) is 58.7. The van der Waals surface area contributed by atoms with Crippen LogP contribution in [0.5, 0.6) is 0 Å². The zero-order chi connectivity index (χ0) is 103. The fraction of sp³-hybridized carbons (Fsp3) is 0.108. The van der Waals surface area contributed by atoms with Crippen LogP contribution in [-0.2, 0) is 28.9 Å². The van der Waals surface area contributed by atoms with Crippen molar-refractivity contribution in [3.8, 4) is 89.0 Å². The van der Waals surface area contributed by atoms with Crippen molar-refractivity contribution >= 4 is 84.2 Å². The summed E-state index contributed by atoms with van der Waals surface area (Å²) in [4.78, 5) is 153. The first-order valence-corrected chi connectivity index (χ1v) is 46.5. The third-order valence-corrected chi connectivity index (χ3v) is 22.9. The lowest BCUT2D eigenvalue weighted by Gasteiger charge is -2.07. The van der Waals surface area contributed by atoms with E-state index in [9.17, 15) is 67.1 Å². The molecule has 0 heterocycles. The molecule has 0 fully saturated rings. The number of nitrogens with one attached hydrogen (secondary N) is 1. The minimum atomic E-state index is -0.437. The summed E-state index contributed by atoms with van der Waals surface area (Å²) in [6.07, 6.45) is 6.80. The van der Waals surface area contributed by atoms with E-state index in [1.54, 1.807) is 107 Å². The first kappa shape index (κ1) is 113. The van der Waals surface area contributed by atoms with Gasteiger partial charge in [0.05, 0.1) is 0 Å². The highest BCUT2D eigenvalue weighted by molar-refractivity contribution is 5.98. The number of amides is 2. The van der Waals surface area contributed by atoms with Crippen molar-refractivity contribution in [2.45, 2.75) is 89.5 Å². The molecule has 17 rings (SSSR count). The third kappa shape index (κ3) is 36.4. The number of Topliss-reactive ketones (excluding diaryl/α,β-unsaturated/α-hetero) is 6. The molecule has 3 N–H and O–H groups in total. The number of primary amides is 1. The smallest absolute Gasteiger partial charge is 0.251 e. The Morgan fingerprint density at radius 2 is 0.384 bits per heavy atom. The van der Waals surface area contributed by atoms with E-state index in [0.717, 1.165) is 133 Å². The maximum Gasteiger partial charge on any atom is 0.251 e. The fourth-order valence-corrected chi connectivity index (χ4v) is 14.5. The number of aldehydes is 6. The first-order chi connectivity index (χ1) is 69.6. The predicted octanol–water partition coefficient (Wildman–Crippen LogP) is 28.7. The van der Waals surface area contributed by atoms with Gasteiger partial charge in [0.1, 0.15) is 49.3 Å². The molecule has 17 aromatic carbocycles. The lowest BCUT2D eigenvalue weighted by Crippen LogP contribution is -2.25. The van der Waals surface area contributed by atoms with Gasteiger partial charge >= 0.3 is 0 Å². The molecule has 17 aromatic rings. The Kier molecular flexibility index (Phi) is 45.4. The summed E-state index contributed by atoms with van der Waals surface area (Å²) in [6, 6.07) is 132. The largest absolute Gasteiger partial charge is 0.366 e. The van der Waals surface area contributed by atoms with E-state index in [-0.39, 0.29) is 55.5 Å². The summed E-state index contributed by atoms with van der Waals surface area (Å²) >= 11 is 0. The van der Waals surface area contributed by atoms with Crippen LogP contribution >= 0.6 is 0 Å². The van der Waals surface area contributed by atoms with Crippen LogP contribution in [0.2, 0.25) is 0 Å². The third-order valence-electron chi connectivity index (χ3n) is 22.9. The Morgan fingerprint density at radius 1 is 0.212 bits per heavy atom. The molecule has 16 heteroatoms. The van der Waals surface area contributed by atoms with Gasteiger partial charge in [0.25, 0.3) is 5.91 Å². The van der Waals surface area contributed by atoms with Crippen molar-refractivity contribution in [2.75, 3.05) is 6.54 Å². The molecule has 0 aliphatic carbocycles. The number of benzene rings is 17. The molecule has 2 amide bonds. The number of hydrogen-bond donors (Lipinski definition) is 2. The van der Waals surface area contributed by atoms with Crippen molar-refractivity contribution in [3.63, 3.8) is 0 Å². The molecule has 0 aliphatic rings. The number of hydrogen-bond acceptors (Lipinski definition) is 14. The number of aryl methyl sites for hydroxylation is 2. The van der Waals surface area contributed by atoms with Crippen molar-refractivity contribution in [3.05, 3.63) is 513 Å². The summed E-state index contributed by atoms with van der Waals surface area (Å²) in [5.74, 6) is 0.0504. The van der Waals surface area contributed by atoms with E-state index in [1.807, 2.05) is 285 Å². The van der Waals surface area contributed by atoms with Gasteiger partial charge in [-0.15, -0.1) is 0 Å². The molecule has 0 unspecified atom stereocenters. The molecule has 0 aliphatic heterocycles. The Balaban J connectivity index is 0.000000204. The van der Waals surface area contributed by atoms with Crippen LogP contribution in [0.15, 0.2) is 419 Å². The molecular weight excluding hydrogens is 1810 g/mol. The predicted molar refractivity (Wildman–Crippen MR) is 590 cm³/mol. The van der Waals surface area contributed by atoms with Crippen LogP contribution in [0.4, 0.5) is 0 Å². The quantitative estimate of drug-likeness (QED) is 0.0358. The normalized spacial score (nSPS) is 9.92. The number of carbonyl (C=O) groups excluding carboxylic acids is 14. The second-order valence-corrected chi connectivity index (χ2v) is 33.9. The highest BCUT2D eigenvalue weighted by atomic mass is 16.2. The molecule has 0 saturated carbocycles. The van der Waals surface area contributed by atoms with E-state index in [4.69, 9.17) is 5.73 Å². The standard InChI is InChI=1S/C23H21NO2.2C16H14O2.C15H13NO2.2C15H12O2.2C14H12O.2CH4/c1-17(25)19-7-9-20(10-8-19)21-11-13-22(14-12-21)23(26)24-16-15-18-5-3-2-4-6-18;2*1-12(18)10-13-2-6-15(7-3-13)16-8-4-14(11-17)5-9-16;1-10(17)11-2-4-12(5-3-11)13-6-8-14(9-7-13)15(16)18;2*1-11(17)13-6-8-15(9-7-13)14-4-2-12(10-16)3-5-14;2*1-11-2-6-13(7-3-11)14-8-4-12(10-15)5-9-14;;/h2-14H,15-16H2,1H3,(H,24,26);2*2-9,11H,10H2,1H3;2-9H,1H3,(H2,16,18);2*2-10H,1H3;2*2-10H,1H3;2*1H4. The Hall–Kier alpha value is -18.3. The maximum absolute atomic E-state index is 12.3. The van der Waals surface area contributed by atoms with Crippen LogP contribution in [0.1, 0.15) is 209 Å². The SMILES string of the molecule is C.C.CC(=O)Cc1ccc(-c2ccc(C=O)cc2)cc1.CC(=O)Cc1ccc(-c2ccc(C=O)cc2)cc1.CC(=O)c1ccc(-c2ccc(C(=O)NCCc3ccccc3)cc2)cc1.CC(=O)c1ccc(-c2ccc(C(N)=O)cc2)cc1.CC(=O)c1ccc(-c2ccc(C=O)cc2)cc1.CC(=O)c1ccc(-c2ccc(C=O)cc2)cc1.Cc1ccc(-c2ccc(C=O)cc2)cc1.Cc1ccc(-c2ccc(C=O)cc2)cc1. The molecule has 0 bridgehead atoms. The van der Waals surface area contributed by atoms with Crippen molar-refractivity contribution < 1.29 is 67.1 Å². The van der Waals surface area contributed by atoms with E-state index < -0.39 is 5.91 Å². The van der Waals surface area contributed by atoms with Gasteiger partial charge in [-0.3, -0.25) is 67.1 Å². The molecule has 16 nitrogen and oxygen atoms in total. The van der Waals surface area contributed by atoms with Crippen LogP contribution in [0.25, 0.3) is 89.0 Å². The average Bonchev–Trinajstić information content (AvgIpc) is 0.832. The Morgan fingerprint density at radius 3 is 0.562 bits per heavy atom. The van der Waals surface area contributed by atoms with Gasteiger partial charge in [0.2, 0.25) is 5.91 Å². The van der Waals surface area contributed by atoms with Crippen molar-refractivity contribution in [2.24, 2.45) is 5.73 Å². The second-order valence-electron chi connectivity index (χ2n) is 33.9. The summed E-state index contributed by atoms with van der Waals surface area (Å²) in [5, 5.41) is 2.95. The van der Waals surface area contributed by atoms with Crippen molar-refractivity contribution in [1.29, 1.82) is 0 Å². The number of rotatable bonds is 27. The topological polar surface area (TPSA) is 277 Å². The summed E-state index contributed by atoms with van der Waals surface area (Å²) < 4.78 is 0. The minimum absolute atomic E-state index is 0. The van der Waals surface area contributed by atoms with Gasteiger partial charge in [0, 0.05) is 86.1 Å². The summed E-state index contributed by atoms with van der Waals surface area (Å²) in [7, 11) is 0. The first-order valence-electron chi connectivity index (χ1n) is 46.5. The number of nitrogens with two attached hydrogens (primary N) is 1. The molecule has 0 radical (unpaired) electrons. The van der Waals surface area contributed by atoms with Gasteiger partial charge in [-0.05, 0) is 192 Å². The zero-order valence-corrected chi connectivity index (χ0v) is 81.4. The van der Waals surface area contributed by atoms with Gasteiger partial charge in [-0.25, -0.2) is 0 Å². The highest BCUT2D eigenvalue weighted by Crippen LogP contribution is 2.29. The monoisotopic (exact) mass is 1930 g/mol. The molecule has 0 aromatic heterocycles. The molecule has 732 valence electrons. The Labute approximate surface area is 855 Å². The van der Waals surface area contributed by atoms with Crippen LogP contribution in [-0.4, -0.2) is 90.8 Å². The molecular formula is C130H118N2O14. The molecule has 146 heavy (non-hydrogen) atoms.